The number of rotatable bonds is 4. The summed E-state index contributed by atoms with van der Waals surface area (Å²) in [5.74, 6) is -0.0751. The van der Waals surface area contributed by atoms with Crippen LogP contribution in [0.2, 0.25) is 0 Å². The number of carbonyl (C=O) groups is 1. The van der Waals surface area contributed by atoms with Crippen molar-refractivity contribution in [1.82, 2.24) is 20.2 Å². The first-order valence-electron chi connectivity index (χ1n) is 8.80. The molecule has 0 aliphatic carbocycles. The summed E-state index contributed by atoms with van der Waals surface area (Å²) in [5.41, 5.74) is 4.11. The summed E-state index contributed by atoms with van der Waals surface area (Å²) in [5, 5.41) is 4.97. The SMILES string of the molecule is CC(CNC(=O)c1c2ccccc2nc2c1[nH]c1ccccc12)N(C)C. The first-order chi connectivity index (χ1) is 12.6. The number of hydrogen-bond donors (Lipinski definition) is 2. The Kier molecular flexibility index (Phi) is 4.09. The van der Waals surface area contributed by atoms with Crippen molar-refractivity contribution in [2.45, 2.75) is 13.0 Å². The second-order valence-electron chi connectivity index (χ2n) is 6.92. The van der Waals surface area contributed by atoms with Crippen molar-refractivity contribution in [1.29, 1.82) is 0 Å². The molecule has 0 radical (unpaired) electrons. The topological polar surface area (TPSA) is 61.0 Å². The minimum atomic E-state index is -0.0751. The van der Waals surface area contributed by atoms with E-state index in [4.69, 9.17) is 4.98 Å². The number of aromatic amines is 1. The van der Waals surface area contributed by atoms with Gasteiger partial charge in [-0.15, -0.1) is 0 Å². The van der Waals surface area contributed by atoms with Crippen molar-refractivity contribution < 1.29 is 4.79 Å². The Morgan fingerprint density at radius 3 is 2.58 bits per heavy atom. The lowest BCUT2D eigenvalue weighted by molar-refractivity contribution is 0.0947. The van der Waals surface area contributed by atoms with Crippen LogP contribution in [0.4, 0.5) is 0 Å². The van der Waals surface area contributed by atoms with Crippen molar-refractivity contribution in [2.75, 3.05) is 20.6 Å². The molecule has 0 spiro atoms. The molecule has 0 aliphatic heterocycles. The van der Waals surface area contributed by atoms with Gasteiger partial charge in [-0.25, -0.2) is 4.98 Å². The molecule has 2 N–H and O–H groups in total. The van der Waals surface area contributed by atoms with Crippen LogP contribution in [0.5, 0.6) is 0 Å². The van der Waals surface area contributed by atoms with Crippen molar-refractivity contribution in [3.8, 4) is 0 Å². The van der Waals surface area contributed by atoms with Gasteiger partial charge in [0.1, 0.15) is 0 Å². The lowest BCUT2D eigenvalue weighted by Crippen LogP contribution is -2.38. The number of nitrogens with one attached hydrogen (secondary N) is 2. The average molecular weight is 346 g/mol. The molecule has 0 saturated heterocycles. The Labute approximate surface area is 152 Å². The fraction of sp³-hybridized carbons (Fsp3) is 0.238. The van der Waals surface area contributed by atoms with Crippen LogP contribution >= 0.6 is 0 Å². The highest BCUT2D eigenvalue weighted by Crippen LogP contribution is 2.30. The Hall–Kier alpha value is -2.92. The first-order valence-corrected chi connectivity index (χ1v) is 8.80. The molecule has 1 unspecified atom stereocenters. The van der Waals surface area contributed by atoms with Crippen LogP contribution in [0.3, 0.4) is 0 Å². The molecule has 2 heterocycles. The van der Waals surface area contributed by atoms with Crippen molar-refractivity contribution in [2.24, 2.45) is 0 Å². The largest absolute Gasteiger partial charge is 0.353 e. The number of nitrogens with zero attached hydrogens (tertiary/aromatic N) is 2. The molecule has 4 rings (SSSR count). The highest BCUT2D eigenvalue weighted by Gasteiger charge is 2.19. The predicted molar refractivity (Wildman–Crippen MR) is 107 cm³/mol. The average Bonchev–Trinajstić information content (AvgIpc) is 3.01. The van der Waals surface area contributed by atoms with E-state index in [1.165, 1.54) is 0 Å². The smallest absolute Gasteiger partial charge is 0.254 e. The number of carbonyl (C=O) groups excluding carboxylic acids is 1. The van der Waals surface area contributed by atoms with Gasteiger partial charge in [0.2, 0.25) is 0 Å². The van der Waals surface area contributed by atoms with E-state index in [9.17, 15) is 4.79 Å². The van der Waals surface area contributed by atoms with Gasteiger partial charge in [0, 0.05) is 28.9 Å². The first kappa shape index (κ1) is 16.5. The second kappa shape index (κ2) is 6.42. The summed E-state index contributed by atoms with van der Waals surface area (Å²) in [6, 6.07) is 16.1. The second-order valence-corrected chi connectivity index (χ2v) is 6.92. The maximum absolute atomic E-state index is 13.1. The Balaban J connectivity index is 1.91. The van der Waals surface area contributed by atoms with Gasteiger partial charge in [-0.3, -0.25) is 4.79 Å². The molecule has 0 aliphatic rings. The van der Waals surface area contributed by atoms with E-state index in [1.807, 2.05) is 62.6 Å². The predicted octanol–water partition coefficient (Wildman–Crippen LogP) is 3.55. The Morgan fingerprint density at radius 2 is 1.81 bits per heavy atom. The van der Waals surface area contributed by atoms with Gasteiger partial charge in [0.15, 0.2) is 0 Å². The summed E-state index contributed by atoms with van der Waals surface area (Å²) < 4.78 is 0. The Bertz CT molecular complexity index is 1110. The van der Waals surface area contributed by atoms with Crippen molar-refractivity contribution in [3.63, 3.8) is 0 Å². The zero-order valence-corrected chi connectivity index (χ0v) is 15.2. The number of H-pyrrole nitrogens is 1. The molecule has 1 atom stereocenters. The van der Waals surface area contributed by atoms with E-state index in [2.05, 4.69) is 22.1 Å². The number of aromatic nitrogens is 2. The summed E-state index contributed by atoms with van der Waals surface area (Å²) in [4.78, 5) is 23.4. The standard InChI is InChI=1S/C21H22N4O/c1-13(25(2)3)12-22-21(26)18-14-8-4-6-10-16(14)23-19-15-9-5-7-11-17(15)24-20(18)19/h4-11,13,24H,12H2,1-3H3,(H,22,26). The zero-order valence-electron chi connectivity index (χ0n) is 15.2. The van der Waals surface area contributed by atoms with E-state index in [0.29, 0.717) is 12.1 Å². The molecule has 2 aromatic heterocycles. The number of para-hydroxylation sites is 2. The van der Waals surface area contributed by atoms with E-state index in [-0.39, 0.29) is 11.9 Å². The third-order valence-corrected chi connectivity index (χ3v) is 5.00. The molecule has 0 saturated carbocycles. The lowest BCUT2D eigenvalue weighted by atomic mass is 10.1. The molecule has 5 heteroatoms. The maximum atomic E-state index is 13.1. The summed E-state index contributed by atoms with van der Waals surface area (Å²) >= 11 is 0. The number of likely N-dealkylation sites (N-methyl/N-ethyl adjacent to an activating group) is 1. The highest BCUT2D eigenvalue weighted by molar-refractivity contribution is 6.20. The summed E-state index contributed by atoms with van der Waals surface area (Å²) in [6.45, 7) is 2.67. The van der Waals surface area contributed by atoms with E-state index < -0.39 is 0 Å². The molecule has 26 heavy (non-hydrogen) atoms. The molecule has 4 aromatic rings. The number of pyridine rings is 1. The van der Waals surface area contributed by atoms with E-state index >= 15 is 0 Å². The number of benzene rings is 2. The van der Waals surface area contributed by atoms with Gasteiger partial charge < -0.3 is 15.2 Å². The molecule has 0 fully saturated rings. The molecule has 0 bridgehead atoms. The molecule has 132 valence electrons. The molecular weight excluding hydrogens is 324 g/mol. The van der Waals surface area contributed by atoms with Crippen LogP contribution in [0.1, 0.15) is 17.3 Å². The summed E-state index contributed by atoms with van der Waals surface area (Å²) in [6.07, 6.45) is 0. The highest BCUT2D eigenvalue weighted by atomic mass is 16.1. The molecule has 5 nitrogen and oxygen atoms in total. The third kappa shape index (κ3) is 2.70. The molecule has 1 amide bonds. The van der Waals surface area contributed by atoms with Crippen LogP contribution in [0.25, 0.3) is 32.8 Å². The normalized spacial score (nSPS) is 12.9. The fourth-order valence-electron chi connectivity index (χ4n) is 3.21. The van der Waals surface area contributed by atoms with Gasteiger partial charge in [-0.2, -0.15) is 0 Å². The van der Waals surface area contributed by atoms with Crippen molar-refractivity contribution >= 4 is 38.7 Å². The number of amides is 1. The van der Waals surface area contributed by atoms with Crippen molar-refractivity contribution in [3.05, 3.63) is 54.1 Å². The Morgan fingerprint density at radius 1 is 1.12 bits per heavy atom. The van der Waals surface area contributed by atoms with Gasteiger partial charge in [0.05, 0.1) is 22.1 Å². The van der Waals surface area contributed by atoms with Gasteiger partial charge in [0.25, 0.3) is 5.91 Å². The van der Waals surface area contributed by atoms with E-state index in [1.54, 1.807) is 0 Å². The summed E-state index contributed by atoms with van der Waals surface area (Å²) in [7, 11) is 4.02. The fourth-order valence-corrected chi connectivity index (χ4v) is 3.21. The number of hydrogen-bond acceptors (Lipinski definition) is 3. The van der Waals surface area contributed by atoms with Gasteiger partial charge in [-0.1, -0.05) is 36.4 Å². The lowest BCUT2D eigenvalue weighted by Gasteiger charge is -2.20. The van der Waals surface area contributed by atoms with Gasteiger partial charge >= 0.3 is 0 Å². The monoisotopic (exact) mass is 346 g/mol. The minimum Gasteiger partial charge on any atom is -0.353 e. The van der Waals surface area contributed by atoms with Crippen LogP contribution in [-0.4, -0.2) is 47.5 Å². The van der Waals surface area contributed by atoms with E-state index in [0.717, 1.165) is 32.8 Å². The van der Waals surface area contributed by atoms with Crippen LogP contribution in [0.15, 0.2) is 48.5 Å². The third-order valence-electron chi connectivity index (χ3n) is 5.00. The molecular formula is C21H22N4O. The van der Waals surface area contributed by atoms with Crippen LogP contribution < -0.4 is 5.32 Å². The zero-order chi connectivity index (χ0) is 18.3. The minimum absolute atomic E-state index is 0.0751. The quantitative estimate of drug-likeness (QED) is 0.594. The van der Waals surface area contributed by atoms with Crippen LogP contribution in [-0.2, 0) is 0 Å². The number of fused-ring (bicyclic) bond motifs is 4. The molecule has 2 aromatic carbocycles. The van der Waals surface area contributed by atoms with Crippen LogP contribution in [0, 0.1) is 0 Å². The maximum Gasteiger partial charge on any atom is 0.254 e. The van der Waals surface area contributed by atoms with Gasteiger partial charge in [-0.05, 0) is 33.2 Å².